The minimum Gasteiger partial charge on any atom is -0.393 e. The number of aliphatic hydroxyl groups is 1. The Labute approximate surface area is 120 Å². The summed E-state index contributed by atoms with van der Waals surface area (Å²) in [6.07, 6.45) is 0.0600. The summed E-state index contributed by atoms with van der Waals surface area (Å²) in [4.78, 5) is 0.274. The van der Waals surface area contributed by atoms with Crippen molar-refractivity contribution in [2.24, 2.45) is 11.7 Å². The van der Waals surface area contributed by atoms with E-state index in [0.717, 1.165) is 5.56 Å². The van der Waals surface area contributed by atoms with Crippen molar-refractivity contribution in [2.45, 2.75) is 37.3 Å². The molecule has 0 aromatic heterocycles. The monoisotopic (exact) mass is 298 g/mol. The fraction of sp³-hybridized carbons (Fsp3) is 0.571. The molecule has 6 heteroatoms. The maximum Gasteiger partial charge on any atom is 0.243 e. The first kappa shape index (κ1) is 15.4. The number of aliphatic hydroxyl groups excluding tert-OH is 1. The van der Waals surface area contributed by atoms with Crippen LogP contribution in [0.15, 0.2) is 29.2 Å². The maximum absolute atomic E-state index is 12.6. The van der Waals surface area contributed by atoms with Crippen LogP contribution in [0.5, 0.6) is 0 Å². The molecule has 112 valence electrons. The zero-order valence-corrected chi connectivity index (χ0v) is 12.7. The molecular formula is C14H22N2O3S. The minimum atomic E-state index is -3.51. The molecule has 1 aromatic carbocycles. The minimum absolute atomic E-state index is 0.0462. The third-order valence-electron chi connectivity index (χ3n) is 3.84. The molecule has 1 aromatic rings. The first-order chi connectivity index (χ1) is 9.32. The fourth-order valence-corrected chi connectivity index (χ4v) is 4.03. The number of piperidine rings is 1. The lowest BCUT2D eigenvalue weighted by molar-refractivity contribution is 0.0628. The van der Waals surface area contributed by atoms with Gasteiger partial charge in [-0.15, -0.1) is 0 Å². The van der Waals surface area contributed by atoms with Gasteiger partial charge in [0.15, 0.2) is 0 Å². The SMILES string of the molecule is CC(N)c1cccc(S(=O)(=O)N2CCC(O)C(C)C2)c1. The lowest BCUT2D eigenvalue weighted by atomic mass is 9.99. The van der Waals surface area contributed by atoms with Crippen LogP contribution in [-0.4, -0.2) is 37.0 Å². The molecule has 5 nitrogen and oxygen atoms in total. The smallest absolute Gasteiger partial charge is 0.243 e. The number of benzene rings is 1. The van der Waals surface area contributed by atoms with E-state index >= 15 is 0 Å². The maximum atomic E-state index is 12.6. The largest absolute Gasteiger partial charge is 0.393 e. The van der Waals surface area contributed by atoms with Crippen molar-refractivity contribution in [1.82, 2.24) is 4.31 Å². The molecule has 0 radical (unpaired) electrons. The average molecular weight is 298 g/mol. The van der Waals surface area contributed by atoms with Crippen LogP contribution in [0.1, 0.15) is 31.9 Å². The molecule has 0 bridgehead atoms. The van der Waals surface area contributed by atoms with E-state index in [2.05, 4.69) is 0 Å². The molecule has 3 atom stereocenters. The molecule has 0 amide bonds. The highest BCUT2D eigenvalue weighted by molar-refractivity contribution is 7.89. The Hall–Kier alpha value is -0.950. The van der Waals surface area contributed by atoms with Crippen molar-refractivity contribution >= 4 is 10.0 Å². The van der Waals surface area contributed by atoms with Crippen LogP contribution >= 0.6 is 0 Å². The van der Waals surface area contributed by atoms with Crippen LogP contribution in [0.25, 0.3) is 0 Å². The number of rotatable bonds is 3. The van der Waals surface area contributed by atoms with E-state index in [1.165, 1.54) is 4.31 Å². The number of hydrogen-bond acceptors (Lipinski definition) is 4. The molecule has 1 aliphatic heterocycles. The van der Waals surface area contributed by atoms with Crippen LogP contribution in [0.4, 0.5) is 0 Å². The molecule has 0 spiro atoms. The van der Waals surface area contributed by atoms with Crippen molar-refractivity contribution in [1.29, 1.82) is 0 Å². The molecular weight excluding hydrogens is 276 g/mol. The van der Waals surface area contributed by atoms with Crippen LogP contribution in [-0.2, 0) is 10.0 Å². The van der Waals surface area contributed by atoms with Gasteiger partial charge in [0.2, 0.25) is 10.0 Å². The summed E-state index contributed by atoms with van der Waals surface area (Å²) in [5, 5.41) is 9.71. The summed E-state index contributed by atoms with van der Waals surface area (Å²) in [6.45, 7) is 4.40. The molecule has 3 N–H and O–H groups in total. The summed E-state index contributed by atoms with van der Waals surface area (Å²) in [5.41, 5.74) is 6.61. The third kappa shape index (κ3) is 3.03. The van der Waals surface area contributed by atoms with Gasteiger partial charge in [0.25, 0.3) is 0 Å². The Morgan fingerprint density at radius 2 is 2.15 bits per heavy atom. The van der Waals surface area contributed by atoms with E-state index in [1.54, 1.807) is 18.2 Å². The topological polar surface area (TPSA) is 83.6 Å². The molecule has 2 rings (SSSR count). The quantitative estimate of drug-likeness (QED) is 0.875. The normalized spacial score (nSPS) is 26.4. The first-order valence-electron chi connectivity index (χ1n) is 6.86. The van der Waals surface area contributed by atoms with Gasteiger partial charge in [-0.2, -0.15) is 4.31 Å². The Kier molecular flexibility index (Phi) is 4.49. The van der Waals surface area contributed by atoms with E-state index in [0.29, 0.717) is 19.5 Å². The van der Waals surface area contributed by atoms with Crippen molar-refractivity contribution in [3.63, 3.8) is 0 Å². The van der Waals surface area contributed by atoms with E-state index in [-0.39, 0.29) is 16.9 Å². The predicted octanol–water partition coefficient (Wildman–Crippen LogP) is 1.10. The standard InChI is InChI=1S/C14H22N2O3S/c1-10-9-16(7-6-14(10)17)20(18,19)13-5-3-4-12(8-13)11(2)15/h3-5,8,10-11,14,17H,6-7,9,15H2,1-2H3. The van der Waals surface area contributed by atoms with E-state index < -0.39 is 16.1 Å². The summed E-state index contributed by atoms with van der Waals surface area (Å²) >= 11 is 0. The van der Waals surface area contributed by atoms with E-state index in [4.69, 9.17) is 5.73 Å². The lowest BCUT2D eigenvalue weighted by Gasteiger charge is -2.33. The summed E-state index contributed by atoms with van der Waals surface area (Å²) in [5.74, 6) is -0.0462. The predicted molar refractivity (Wildman–Crippen MR) is 77.6 cm³/mol. The van der Waals surface area contributed by atoms with Gasteiger partial charge in [-0.1, -0.05) is 19.1 Å². The molecule has 3 unspecified atom stereocenters. The van der Waals surface area contributed by atoms with Crippen molar-refractivity contribution in [3.8, 4) is 0 Å². The van der Waals surface area contributed by atoms with Crippen molar-refractivity contribution in [2.75, 3.05) is 13.1 Å². The number of nitrogens with zero attached hydrogens (tertiary/aromatic N) is 1. The van der Waals surface area contributed by atoms with E-state index in [9.17, 15) is 13.5 Å². The molecule has 20 heavy (non-hydrogen) atoms. The number of nitrogens with two attached hydrogens (primary N) is 1. The van der Waals surface area contributed by atoms with Gasteiger partial charge in [0.05, 0.1) is 11.0 Å². The summed E-state index contributed by atoms with van der Waals surface area (Å²) in [6, 6.07) is 6.57. The van der Waals surface area contributed by atoms with Gasteiger partial charge in [-0.3, -0.25) is 0 Å². The Morgan fingerprint density at radius 3 is 2.75 bits per heavy atom. The molecule has 1 aliphatic rings. The second-order valence-corrected chi connectivity index (χ2v) is 7.50. The van der Waals surface area contributed by atoms with Gasteiger partial charge in [0.1, 0.15) is 0 Å². The Morgan fingerprint density at radius 1 is 1.45 bits per heavy atom. The van der Waals surface area contributed by atoms with Gasteiger partial charge < -0.3 is 10.8 Å². The zero-order chi connectivity index (χ0) is 14.9. The highest BCUT2D eigenvalue weighted by Gasteiger charge is 2.32. The van der Waals surface area contributed by atoms with Gasteiger partial charge in [0, 0.05) is 19.1 Å². The van der Waals surface area contributed by atoms with Crippen molar-refractivity contribution in [3.05, 3.63) is 29.8 Å². The second-order valence-electron chi connectivity index (χ2n) is 5.56. The Balaban J connectivity index is 2.28. The highest BCUT2D eigenvalue weighted by Crippen LogP contribution is 2.25. The van der Waals surface area contributed by atoms with Gasteiger partial charge in [-0.05, 0) is 37.0 Å². The molecule has 1 heterocycles. The van der Waals surface area contributed by atoms with Gasteiger partial charge in [-0.25, -0.2) is 8.42 Å². The fourth-order valence-electron chi connectivity index (χ4n) is 2.42. The van der Waals surface area contributed by atoms with Crippen LogP contribution in [0.2, 0.25) is 0 Å². The van der Waals surface area contributed by atoms with E-state index in [1.807, 2.05) is 19.9 Å². The summed E-state index contributed by atoms with van der Waals surface area (Å²) < 4.78 is 26.7. The zero-order valence-electron chi connectivity index (χ0n) is 11.9. The molecule has 1 saturated heterocycles. The first-order valence-corrected chi connectivity index (χ1v) is 8.30. The number of sulfonamides is 1. The third-order valence-corrected chi connectivity index (χ3v) is 5.71. The Bertz CT molecular complexity index is 572. The average Bonchev–Trinajstić information content (AvgIpc) is 2.42. The van der Waals surface area contributed by atoms with Crippen LogP contribution in [0.3, 0.4) is 0 Å². The second kappa shape index (κ2) is 5.81. The highest BCUT2D eigenvalue weighted by atomic mass is 32.2. The number of hydrogen-bond donors (Lipinski definition) is 2. The van der Waals surface area contributed by atoms with Crippen molar-refractivity contribution < 1.29 is 13.5 Å². The molecule has 1 fully saturated rings. The van der Waals surface area contributed by atoms with Crippen LogP contribution in [0, 0.1) is 5.92 Å². The van der Waals surface area contributed by atoms with Crippen LogP contribution < -0.4 is 5.73 Å². The molecule has 0 aliphatic carbocycles. The summed E-state index contributed by atoms with van der Waals surface area (Å²) in [7, 11) is -3.51. The van der Waals surface area contributed by atoms with Gasteiger partial charge >= 0.3 is 0 Å². The lowest BCUT2D eigenvalue weighted by Crippen LogP contribution is -2.44. The molecule has 0 saturated carbocycles.